The van der Waals surface area contributed by atoms with Crippen LogP contribution in [0.1, 0.15) is 23.0 Å². The number of hydrogen-bond acceptors (Lipinski definition) is 6. The minimum Gasteiger partial charge on any atom is -0.441 e. The lowest BCUT2D eigenvalue weighted by molar-refractivity contribution is -0.133. The van der Waals surface area contributed by atoms with Crippen molar-refractivity contribution in [2.75, 3.05) is 26.2 Å². The Labute approximate surface area is 179 Å². The van der Waals surface area contributed by atoms with E-state index in [2.05, 4.69) is 20.2 Å². The Kier molecular flexibility index (Phi) is 6.28. The molecule has 1 amide bonds. The second kappa shape index (κ2) is 9.07. The van der Waals surface area contributed by atoms with Crippen molar-refractivity contribution in [1.29, 1.82) is 0 Å². The quantitative estimate of drug-likeness (QED) is 0.590. The maximum atomic E-state index is 12.6. The van der Waals surface area contributed by atoms with E-state index >= 15 is 0 Å². The molecule has 3 aromatic rings. The summed E-state index contributed by atoms with van der Waals surface area (Å²) in [4.78, 5) is 25.7. The fourth-order valence-corrected chi connectivity index (χ4v) is 4.14. The van der Waals surface area contributed by atoms with Gasteiger partial charge in [-0.15, -0.1) is 11.3 Å². The zero-order valence-corrected chi connectivity index (χ0v) is 17.9. The average Bonchev–Trinajstić information content (AvgIpc) is 3.36. The third-order valence-electron chi connectivity index (χ3n) is 5.01. The molecule has 1 aromatic carbocycles. The molecule has 152 valence electrons. The average molecular weight is 431 g/mol. The number of thiazole rings is 1. The van der Waals surface area contributed by atoms with Gasteiger partial charge in [-0.3, -0.25) is 9.69 Å². The van der Waals surface area contributed by atoms with Gasteiger partial charge in [0, 0.05) is 61.5 Å². The minimum atomic E-state index is 0.153. The van der Waals surface area contributed by atoms with Crippen molar-refractivity contribution >= 4 is 28.8 Å². The number of benzene rings is 1. The van der Waals surface area contributed by atoms with E-state index < -0.39 is 0 Å². The molecule has 2 aromatic heterocycles. The van der Waals surface area contributed by atoms with Crippen LogP contribution >= 0.6 is 22.9 Å². The number of carbonyl (C=O) groups excluding carboxylic acids is 1. The highest BCUT2D eigenvalue weighted by molar-refractivity contribution is 7.09. The summed E-state index contributed by atoms with van der Waals surface area (Å²) in [6.45, 7) is 6.14. The first-order valence-corrected chi connectivity index (χ1v) is 10.9. The smallest absolute Gasteiger partial charge is 0.223 e. The maximum Gasteiger partial charge on any atom is 0.223 e. The molecule has 0 aliphatic carbocycles. The van der Waals surface area contributed by atoms with Crippen molar-refractivity contribution in [3.8, 4) is 11.3 Å². The number of rotatable bonds is 6. The fourth-order valence-electron chi connectivity index (χ4n) is 3.41. The summed E-state index contributed by atoms with van der Waals surface area (Å²) in [5, 5.41) is 3.89. The Balaban J connectivity index is 1.24. The lowest BCUT2D eigenvalue weighted by Crippen LogP contribution is -2.48. The summed E-state index contributed by atoms with van der Waals surface area (Å²) >= 11 is 7.60. The van der Waals surface area contributed by atoms with Crippen LogP contribution in [0, 0.1) is 6.92 Å². The molecular formula is C21H23ClN4O2S. The highest BCUT2D eigenvalue weighted by Gasteiger charge is 2.22. The van der Waals surface area contributed by atoms with E-state index in [0.717, 1.165) is 49.0 Å². The van der Waals surface area contributed by atoms with Gasteiger partial charge in [-0.1, -0.05) is 11.6 Å². The fraction of sp³-hybridized carbons (Fsp3) is 0.381. The van der Waals surface area contributed by atoms with Crippen molar-refractivity contribution < 1.29 is 9.21 Å². The van der Waals surface area contributed by atoms with E-state index in [1.807, 2.05) is 36.1 Å². The second-order valence-corrected chi connectivity index (χ2v) is 8.64. The third kappa shape index (κ3) is 5.23. The van der Waals surface area contributed by atoms with Gasteiger partial charge in [0.25, 0.3) is 0 Å². The third-order valence-corrected chi connectivity index (χ3v) is 6.09. The minimum absolute atomic E-state index is 0.153. The van der Waals surface area contributed by atoms with Crippen LogP contribution in [-0.4, -0.2) is 51.9 Å². The molecule has 4 rings (SSSR count). The van der Waals surface area contributed by atoms with Crippen LogP contribution in [-0.2, 0) is 17.8 Å². The molecule has 1 aliphatic rings. The second-order valence-electron chi connectivity index (χ2n) is 7.14. The topological polar surface area (TPSA) is 62.5 Å². The van der Waals surface area contributed by atoms with Gasteiger partial charge in [-0.25, -0.2) is 9.97 Å². The SMILES string of the molecule is Cc1nc(CN2CCN(C(=O)CCc3ncc(-c4ccc(Cl)cc4)o3)CC2)cs1. The molecule has 1 fully saturated rings. The summed E-state index contributed by atoms with van der Waals surface area (Å²) in [5.74, 6) is 1.43. The molecule has 0 N–H and O–H groups in total. The Bertz CT molecular complexity index is 961. The number of nitrogens with zero attached hydrogens (tertiary/aromatic N) is 4. The molecule has 0 spiro atoms. The van der Waals surface area contributed by atoms with Gasteiger partial charge in [0.2, 0.25) is 5.91 Å². The number of carbonyl (C=O) groups is 1. The van der Waals surface area contributed by atoms with E-state index in [1.54, 1.807) is 17.5 Å². The highest BCUT2D eigenvalue weighted by Crippen LogP contribution is 2.23. The normalized spacial score (nSPS) is 15.0. The molecule has 0 bridgehead atoms. The van der Waals surface area contributed by atoms with Crippen LogP contribution < -0.4 is 0 Å². The van der Waals surface area contributed by atoms with Gasteiger partial charge in [0.15, 0.2) is 11.7 Å². The number of hydrogen-bond donors (Lipinski definition) is 0. The maximum absolute atomic E-state index is 12.6. The molecule has 0 atom stereocenters. The van der Waals surface area contributed by atoms with Gasteiger partial charge in [-0.2, -0.15) is 0 Å². The van der Waals surface area contributed by atoms with Crippen LogP contribution in [0.2, 0.25) is 5.02 Å². The Hall–Kier alpha value is -2.22. The van der Waals surface area contributed by atoms with E-state index in [0.29, 0.717) is 29.5 Å². The Morgan fingerprint density at radius 3 is 2.66 bits per heavy atom. The first-order chi connectivity index (χ1) is 14.1. The molecule has 0 radical (unpaired) electrons. The van der Waals surface area contributed by atoms with Gasteiger partial charge >= 0.3 is 0 Å². The number of oxazole rings is 1. The lowest BCUT2D eigenvalue weighted by Gasteiger charge is -2.34. The van der Waals surface area contributed by atoms with Gasteiger partial charge < -0.3 is 9.32 Å². The molecule has 0 saturated carbocycles. The molecule has 1 saturated heterocycles. The molecular weight excluding hydrogens is 408 g/mol. The predicted molar refractivity (Wildman–Crippen MR) is 114 cm³/mol. The predicted octanol–water partition coefficient (Wildman–Crippen LogP) is 4.04. The summed E-state index contributed by atoms with van der Waals surface area (Å²) < 4.78 is 5.79. The first-order valence-electron chi connectivity index (χ1n) is 9.68. The van der Waals surface area contributed by atoms with Crippen molar-refractivity contribution in [3.63, 3.8) is 0 Å². The van der Waals surface area contributed by atoms with E-state index in [4.69, 9.17) is 16.0 Å². The zero-order chi connectivity index (χ0) is 20.2. The lowest BCUT2D eigenvalue weighted by atomic mass is 10.2. The molecule has 1 aliphatic heterocycles. The summed E-state index contributed by atoms with van der Waals surface area (Å²) in [6, 6.07) is 7.42. The van der Waals surface area contributed by atoms with E-state index in [9.17, 15) is 4.79 Å². The van der Waals surface area contributed by atoms with Crippen molar-refractivity contribution in [2.45, 2.75) is 26.3 Å². The van der Waals surface area contributed by atoms with Gasteiger partial charge in [-0.05, 0) is 31.2 Å². The number of aryl methyl sites for hydroxylation is 2. The van der Waals surface area contributed by atoms with Crippen LogP contribution in [0.15, 0.2) is 40.3 Å². The van der Waals surface area contributed by atoms with Gasteiger partial charge in [0.1, 0.15) is 0 Å². The first kappa shape index (κ1) is 20.1. The summed E-state index contributed by atoms with van der Waals surface area (Å²) in [6.07, 6.45) is 2.61. The summed E-state index contributed by atoms with van der Waals surface area (Å²) in [5.41, 5.74) is 2.04. The Morgan fingerprint density at radius 1 is 1.21 bits per heavy atom. The van der Waals surface area contributed by atoms with Crippen LogP contribution in [0.4, 0.5) is 0 Å². The Morgan fingerprint density at radius 2 is 1.97 bits per heavy atom. The molecule has 3 heterocycles. The highest BCUT2D eigenvalue weighted by atomic mass is 35.5. The molecule has 6 nitrogen and oxygen atoms in total. The standard InChI is InChI=1S/C21H23ClN4O2S/c1-15-24-18(14-29-15)13-25-8-10-26(11-9-25)21(27)7-6-20-23-12-19(28-20)16-2-4-17(22)5-3-16/h2-5,12,14H,6-11,13H2,1H3. The number of aromatic nitrogens is 2. The van der Waals surface area contributed by atoms with Crippen LogP contribution in [0.3, 0.4) is 0 Å². The van der Waals surface area contributed by atoms with Gasteiger partial charge in [0.05, 0.1) is 16.9 Å². The van der Waals surface area contributed by atoms with E-state index in [-0.39, 0.29) is 5.91 Å². The number of amides is 1. The molecule has 8 heteroatoms. The van der Waals surface area contributed by atoms with Crippen molar-refractivity contribution in [3.05, 3.63) is 57.5 Å². The monoisotopic (exact) mass is 430 g/mol. The number of piperazine rings is 1. The van der Waals surface area contributed by atoms with Crippen molar-refractivity contribution in [1.82, 2.24) is 19.8 Å². The van der Waals surface area contributed by atoms with Crippen LogP contribution in [0.25, 0.3) is 11.3 Å². The molecule has 0 unspecified atom stereocenters. The molecule has 29 heavy (non-hydrogen) atoms. The largest absolute Gasteiger partial charge is 0.441 e. The van der Waals surface area contributed by atoms with Crippen molar-refractivity contribution in [2.24, 2.45) is 0 Å². The van der Waals surface area contributed by atoms with E-state index in [1.165, 1.54) is 0 Å². The zero-order valence-electron chi connectivity index (χ0n) is 16.3. The van der Waals surface area contributed by atoms with Crippen LogP contribution in [0.5, 0.6) is 0 Å². The summed E-state index contributed by atoms with van der Waals surface area (Å²) in [7, 11) is 0. The number of halogens is 1.